The van der Waals surface area contributed by atoms with E-state index in [9.17, 15) is 32.3 Å². The molecule has 2 amide bonds. The van der Waals surface area contributed by atoms with Crippen molar-refractivity contribution < 1.29 is 36.7 Å². The molecule has 40 heavy (non-hydrogen) atoms. The predicted octanol–water partition coefficient (Wildman–Crippen LogP) is 5.52. The van der Waals surface area contributed by atoms with E-state index in [0.29, 0.717) is 16.8 Å². The summed E-state index contributed by atoms with van der Waals surface area (Å²) in [5, 5.41) is 9.74. The number of carbonyl (C=O) groups excluding carboxylic acids is 2. The molecular formula is C29H31F4N3O4. The molecule has 3 aromatic rings. The Morgan fingerprint density at radius 3 is 2.33 bits per heavy atom. The van der Waals surface area contributed by atoms with Crippen LogP contribution in [-0.2, 0) is 4.79 Å². The topological polar surface area (TPSA) is 86.9 Å². The smallest absolute Gasteiger partial charge is 0.417 e. The molecule has 1 aliphatic carbocycles. The van der Waals surface area contributed by atoms with Crippen molar-refractivity contribution in [3.05, 3.63) is 53.5 Å². The van der Waals surface area contributed by atoms with Gasteiger partial charge in [0.25, 0.3) is 5.91 Å². The lowest BCUT2D eigenvalue weighted by Gasteiger charge is -2.50. The maximum Gasteiger partial charge on any atom is 0.417 e. The van der Waals surface area contributed by atoms with E-state index < -0.39 is 42.0 Å². The van der Waals surface area contributed by atoms with E-state index in [1.165, 1.54) is 17.0 Å². The van der Waals surface area contributed by atoms with Crippen LogP contribution in [0.3, 0.4) is 0 Å². The SMILES string of the molecule is CC(C)c1cc(-c2ccc(F)cc2)nc2cc(C(=O)N3CCN(C(=O)C4CC(O)(C(F)(F)F)C4)CC3(C)C)oc12. The number of aromatic nitrogens is 1. The van der Waals surface area contributed by atoms with E-state index in [-0.39, 0.29) is 43.0 Å². The second-order valence-corrected chi connectivity index (χ2v) is 11.7. The third-order valence-electron chi connectivity index (χ3n) is 7.98. The summed E-state index contributed by atoms with van der Waals surface area (Å²) in [4.78, 5) is 34.3. The third-order valence-corrected chi connectivity index (χ3v) is 7.98. The molecule has 11 heteroatoms. The van der Waals surface area contributed by atoms with Crippen molar-refractivity contribution in [2.75, 3.05) is 19.6 Å². The Kier molecular flexibility index (Phi) is 6.72. The Bertz CT molecular complexity index is 1460. The van der Waals surface area contributed by atoms with Crippen LogP contribution in [0, 0.1) is 11.7 Å². The van der Waals surface area contributed by atoms with Crippen LogP contribution < -0.4 is 0 Å². The first-order chi connectivity index (χ1) is 18.6. The maximum absolute atomic E-state index is 13.6. The molecule has 0 unspecified atom stereocenters. The van der Waals surface area contributed by atoms with E-state index in [1.807, 2.05) is 19.9 Å². The van der Waals surface area contributed by atoms with Crippen molar-refractivity contribution in [1.29, 1.82) is 0 Å². The van der Waals surface area contributed by atoms with Gasteiger partial charge in [0.15, 0.2) is 16.9 Å². The number of fused-ring (bicyclic) bond motifs is 1. The molecule has 2 aliphatic rings. The number of furan rings is 1. The van der Waals surface area contributed by atoms with Gasteiger partial charge in [-0.05, 0) is 62.9 Å². The Labute approximate surface area is 228 Å². The zero-order valence-electron chi connectivity index (χ0n) is 22.7. The van der Waals surface area contributed by atoms with E-state index >= 15 is 0 Å². The molecule has 1 aromatic carbocycles. The molecule has 5 rings (SSSR count). The largest absolute Gasteiger partial charge is 0.449 e. The normalized spacial score (nSPS) is 23.0. The molecule has 1 saturated carbocycles. The number of pyridine rings is 1. The van der Waals surface area contributed by atoms with Gasteiger partial charge >= 0.3 is 6.18 Å². The molecule has 1 aliphatic heterocycles. The highest BCUT2D eigenvalue weighted by Crippen LogP contribution is 2.49. The van der Waals surface area contributed by atoms with Crippen molar-refractivity contribution >= 4 is 22.9 Å². The fraction of sp³-hybridized carbons (Fsp3) is 0.483. The number of alkyl halides is 3. The quantitative estimate of drug-likeness (QED) is 0.424. The zero-order chi connectivity index (χ0) is 29.2. The van der Waals surface area contributed by atoms with Crippen LogP contribution >= 0.6 is 0 Å². The van der Waals surface area contributed by atoms with Crippen LogP contribution in [0.4, 0.5) is 17.6 Å². The Morgan fingerprint density at radius 1 is 1.10 bits per heavy atom. The van der Waals surface area contributed by atoms with Crippen LogP contribution in [0.2, 0.25) is 0 Å². The van der Waals surface area contributed by atoms with Gasteiger partial charge in [0.05, 0.1) is 11.2 Å². The standard InChI is InChI=1S/C29H31F4N3O4/c1-16(2)20-11-21(17-5-7-19(30)8-6-17)34-22-12-23(40-24(20)22)26(38)36-10-9-35(15-27(36,3)4)25(37)18-13-28(39,14-18)29(31,32)33/h5-8,11-12,16,18,39H,9-10,13-15H2,1-4H3. The highest BCUT2D eigenvalue weighted by Gasteiger charge is 2.63. The fourth-order valence-electron chi connectivity index (χ4n) is 5.62. The number of amides is 2. The monoisotopic (exact) mass is 561 g/mol. The van der Waals surface area contributed by atoms with Crippen molar-refractivity contribution in [3.63, 3.8) is 0 Å². The Hall–Kier alpha value is -3.47. The molecule has 1 saturated heterocycles. The van der Waals surface area contributed by atoms with Gasteiger partial charge in [0.2, 0.25) is 5.91 Å². The molecule has 0 radical (unpaired) electrons. The van der Waals surface area contributed by atoms with Crippen molar-refractivity contribution in [1.82, 2.24) is 14.8 Å². The first kappa shape index (κ1) is 28.1. The lowest BCUT2D eigenvalue weighted by molar-refractivity contribution is -0.297. The first-order valence-corrected chi connectivity index (χ1v) is 13.2. The number of halogens is 4. The molecule has 2 aromatic heterocycles. The summed E-state index contributed by atoms with van der Waals surface area (Å²) in [6, 6.07) is 9.43. The maximum atomic E-state index is 13.6. The number of carbonyl (C=O) groups is 2. The minimum absolute atomic E-state index is 0.0475. The van der Waals surface area contributed by atoms with Crippen LogP contribution in [0.15, 0.2) is 40.8 Å². The van der Waals surface area contributed by atoms with Crippen molar-refractivity contribution in [3.8, 4) is 11.3 Å². The molecule has 0 spiro atoms. The van der Waals surface area contributed by atoms with Gasteiger partial charge in [0, 0.05) is 42.7 Å². The summed E-state index contributed by atoms with van der Waals surface area (Å²) in [7, 11) is 0. The average Bonchev–Trinajstić information content (AvgIpc) is 3.28. The number of benzene rings is 1. The summed E-state index contributed by atoms with van der Waals surface area (Å²) in [5.74, 6) is -1.96. The highest BCUT2D eigenvalue weighted by atomic mass is 19.4. The van der Waals surface area contributed by atoms with Crippen molar-refractivity contribution in [2.24, 2.45) is 5.92 Å². The summed E-state index contributed by atoms with van der Waals surface area (Å²) < 4.78 is 58.5. The summed E-state index contributed by atoms with van der Waals surface area (Å²) in [6.07, 6.45) is -6.08. The molecule has 7 nitrogen and oxygen atoms in total. The number of piperazine rings is 1. The number of aliphatic hydroxyl groups is 1. The molecule has 0 atom stereocenters. The first-order valence-electron chi connectivity index (χ1n) is 13.2. The highest BCUT2D eigenvalue weighted by molar-refractivity contribution is 5.97. The van der Waals surface area contributed by atoms with Crippen LogP contribution in [-0.4, -0.2) is 68.7 Å². The number of nitrogens with zero attached hydrogens (tertiary/aromatic N) is 3. The second kappa shape index (κ2) is 9.57. The van der Waals surface area contributed by atoms with Crippen LogP contribution in [0.5, 0.6) is 0 Å². The van der Waals surface area contributed by atoms with E-state index in [1.54, 1.807) is 36.9 Å². The van der Waals surface area contributed by atoms with Gasteiger partial charge in [-0.15, -0.1) is 0 Å². The summed E-state index contributed by atoms with van der Waals surface area (Å²) in [6.45, 7) is 7.99. The summed E-state index contributed by atoms with van der Waals surface area (Å²) >= 11 is 0. The lowest BCUT2D eigenvalue weighted by Crippen LogP contribution is -2.65. The minimum Gasteiger partial charge on any atom is -0.449 e. The number of hydrogen-bond donors (Lipinski definition) is 1. The fourth-order valence-corrected chi connectivity index (χ4v) is 5.62. The van der Waals surface area contributed by atoms with E-state index in [0.717, 1.165) is 11.1 Å². The molecule has 1 N–H and O–H groups in total. The van der Waals surface area contributed by atoms with E-state index in [2.05, 4.69) is 4.98 Å². The third kappa shape index (κ3) is 4.84. The molecule has 3 heterocycles. The predicted molar refractivity (Wildman–Crippen MR) is 139 cm³/mol. The Balaban J connectivity index is 1.35. The van der Waals surface area contributed by atoms with Crippen LogP contribution in [0.25, 0.3) is 22.4 Å². The molecule has 2 fully saturated rings. The van der Waals surface area contributed by atoms with Crippen molar-refractivity contribution in [2.45, 2.75) is 63.8 Å². The van der Waals surface area contributed by atoms with Gasteiger partial charge in [0.1, 0.15) is 11.3 Å². The lowest BCUT2D eigenvalue weighted by atomic mass is 9.69. The molecule has 0 bridgehead atoms. The van der Waals surface area contributed by atoms with Gasteiger partial charge in [-0.1, -0.05) is 13.8 Å². The molecular weight excluding hydrogens is 530 g/mol. The van der Waals surface area contributed by atoms with Gasteiger partial charge in [-0.25, -0.2) is 9.37 Å². The van der Waals surface area contributed by atoms with Gasteiger partial charge in [-0.2, -0.15) is 13.2 Å². The number of hydrogen-bond acceptors (Lipinski definition) is 5. The van der Waals surface area contributed by atoms with E-state index in [4.69, 9.17) is 4.42 Å². The second-order valence-electron chi connectivity index (χ2n) is 11.7. The summed E-state index contributed by atoms with van der Waals surface area (Å²) in [5.41, 5.74) is -0.487. The minimum atomic E-state index is -4.77. The van der Waals surface area contributed by atoms with Gasteiger partial charge in [-0.3, -0.25) is 9.59 Å². The number of rotatable bonds is 4. The van der Waals surface area contributed by atoms with Gasteiger partial charge < -0.3 is 19.3 Å². The Morgan fingerprint density at radius 2 is 1.75 bits per heavy atom. The average molecular weight is 562 g/mol. The van der Waals surface area contributed by atoms with Crippen LogP contribution in [0.1, 0.15) is 62.6 Å². The molecule has 214 valence electrons. The zero-order valence-corrected chi connectivity index (χ0v) is 22.7.